The number of carbonyl (C=O) groups excluding carboxylic acids is 1. The molecule has 3 aromatic carbocycles. The average Bonchev–Trinajstić information content (AvgIpc) is 2.59. The topological polar surface area (TPSA) is 38.3 Å². The van der Waals surface area contributed by atoms with Gasteiger partial charge in [-0.3, -0.25) is 4.79 Å². The van der Waals surface area contributed by atoms with Crippen LogP contribution < -0.4 is 10.1 Å². The molecule has 0 unspecified atom stereocenters. The molecule has 0 aliphatic carbocycles. The quantitative estimate of drug-likeness (QED) is 0.720. The monoisotopic (exact) mass is 343 g/mol. The van der Waals surface area contributed by atoms with Crippen molar-refractivity contribution in [3.63, 3.8) is 0 Å². The van der Waals surface area contributed by atoms with Crippen molar-refractivity contribution in [2.24, 2.45) is 0 Å². The number of amides is 1. The van der Waals surface area contributed by atoms with E-state index in [0.29, 0.717) is 10.8 Å². The fourth-order valence-corrected chi connectivity index (χ4v) is 2.61. The highest BCUT2D eigenvalue weighted by Crippen LogP contribution is 2.31. The number of hydrogen-bond acceptors (Lipinski definition) is 2. The van der Waals surface area contributed by atoms with Gasteiger partial charge in [-0.15, -0.1) is 0 Å². The molecular formula is C19H15ClFNO2. The third-order valence-corrected chi connectivity index (χ3v) is 3.97. The molecule has 5 heteroatoms. The van der Waals surface area contributed by atoms with Crippen LogP contribution in [0.4, 0.5) is 10.1 Å². The summed E-state index contributed by atoms with van der Waals surface area (Å²) in [6.45, 7) is 1.61. The molecule has 24 heavy (non-hydrogen) atoms. The van der Waals surface area contributed by atoms with Gasteiger partial charge in [0.25, 0.3) is 5.91 Å². The van der Waals surface area contributed by atoms with Crippen molar-refractivity contribution in [2.75, 3.05) is 5.32 Å². The molecule has 0 aliphatic heterocycles. The van der Waals surface area contributed by atoms with E-state index in [0.717, 1.165) is 10.8 Å². The SMILES string of the molecule is C[C@@H](Oc1ccc(Cl)c2ccccc12)C(=O)Nc1ccccc1F. The number of ether oxygens (including phenoxy) is 1. The van der Waals surface area contributed by atoms with Gasteiger partial charge >= 0.3 is 0 Å². The summed E-state index contributed by atoms with van der Waals surface area (Å²) in [6, 6.07) is 16.9. The highest BCUT2D eigenvalue weighted by Gasteiger charge is 2.17. The van der Waals surface area contributed by atoms with Gasteiger partial charge in [0.15, 0.2) is 6.10 Å². The summed E-state index contributed by atoms with van der Waals surface area (Å²) in [5.41, 5.74) is 0.124. The molecule has 0 aromatic heterocycles. The second kappa shape index (κ2) is 6.89. The van der Waals surface area contributed by atoms with Crippen molar-refractivity contribution < 1.29 is 13.9 Å². The van der Waals surface area contributed by atoms with Gasteiger partial charge < -0.3 is 10.1 Å². The van der Waals surface area contributed by atoms with E-state index < -0.39 is 17.8 Å². The van der Waals surface area contributed by atoms with Crippen molar-refractivity contribution >= 4 is 34.0 Å². The van der Waals surface area contributed by atoms with Gasteiger partial charge in [0.05, 0.1) is 5.69 Å². The number of benzene rings is 3. The Balaban J connectivity index is 1.80. The second-order valence-electron chi connectivity index (χ2n) is 5.32. The number of para-hydroxylation sites is 1. The average molecular weight is 344 g/mol. The summed E-state index contributed by atoms with van der Waals surface area (Å²) in [5, 5.41) is 4.80. The van der Waals surface area contributed by atoms with E-state index >= 15 is 0 Å². The number of fused-ring (bicyclic) bond motifs is 1. The van der Waals surface area contributed by atoms with Gasteiger partial charge in [-0.1, -0.05) is 48.0 Å². The predicted octanol–water partition coefficient (Wildman–Crippen LogP) is 5.04. The van der Waals surface area contributed by atoms with Crippen LogP contribution in [0.15, 0.2) is 60.7 Å². The number of nitrogens with one attached hydrogen (secondary N) is 1. The molecule has 1 amide bonds. The fourth-order valence-electron chi connectivity index (χ4n) is 2.38. The zero-order valence-electron chi connectivity index (χ0n) is 12.9. The number of anilines is 1. The van der Waals surface area contributed by atoms with Gasteiger partial charge in [-0.25, -0.2) is 4.39 Å². The third-order valence-electron chi connectivity index (χ3n) is 3.64. The lowest BCUT2D eigenvalue weighted by atomic mass is 10.1. The van der Waals surface area contributed by atoms with Gasteiger partial charge in [0.2, 0.25) is 0 Å². The molecule has 0 spiro atoms. The van der Waals surface area contributed by atoms with Crippen molar-refractivity contribution in [1.82, 2.24) is 0 Å². The van der Waals surface area contributed by atoms with E-state index in [1.807, 2.05) is 24.3 Å². The summed E-state index contributed by atoms with van der Waals surface area (Å²) >= 11 is 6.18. The Hall–Kier alpha value is -2.59. The largest absolute Gasteiger partial charge is 0.480 e. The maximum atomic E-state index is 13.6. The van der Waals surface area contributed by atoms with E-state index in [1.165, 1.54) is 12.1 Å². The minimum absolute atomic E-state index is 0.124. The zero-order valence-corrected chi connectivity index (χ0v) is 13.7. The first-order valence-corrected chi connectivity index (χ1v) is 7.83. The lowest BCUT2D eigenvalue weighted by Gasteiger charge is -2.17. The first-order valence-electron chi connectivity index (χ1n) is 7.45. The van der Waals surface area contributed by atoms with Crippen LogP contribution in [0.5, 0.6) is 5.75 Å². The summed E-state index contributed by atoms with van der Waals surface area (Å²) in [7, 11) is 0. The number of halogens is 2. The Morgan fingerprint density at radius 2 is 1.71 bits per heavy atom. The summed E-state index contributed by atoms with van der Waals surface area (Å²) in [4.78, 5) is 12.2. The summed E-state index contributed by atoms with van der Waals surface area (Å²) in [5.74, 6) is -0.375. The maximum Gasteiger partial charge on any atom is 0.265 e. The minimum atomic E-state index is -0.797. The van der Waals surface area contributed by atoms with Gasteiger partial charge in [0.1, 0.15) is 11.6 Å². The normalized spacial score (nSPS) is 12.0. The zero-order chi connectivity index (χ0) is 17.1. The highest BCUT2D eigenvalue weighted by atomic mass is 35.5. The van der Waals surface area contributed by atoms with Crippen LogP contribution in [0.1, 0.15) is 6.92 Å². The van der Waals surface area contributed by atoms with Crippen molar-refractivity contribution in [3.05, 3.63) is 71.5 Å². The van der Waals surface area contributed by atoms with Crippen LogP contribution in [0, 0.1) is 5.82 Å². The van der Waals surface area contributed by atoms with E-state index in [1.54, 1.807) is 31.2 Å². The molecule has 1 N–H and O–H groups in total. The lowest BCUT2D eigenvalue weighted by Crippen LogP contribution is -2.30. The van der Waals surface area contributed by atoms with Crippen LogP contribution in [0.2, 0.25) is 5.02 Å². The van der Waals surface area contributed by atoms with E-state index in [2.05, 4.69) is 5.32 Å². The Morgan fingerprint density at radius 3 is 2.46 bits per heavy atom. The molecule has 1 atom stereocenters. The number of hydrogen-bond donors (Lipinski definition) is 1. The standard InChI is InChI=1S/C19H15ClFNO2/c1-12(19(23)22-17-9-5-4-8-16(17)21)24-18-11-10-15(20)13-6-2-3-7-14(13)18/h2-12H,1H3,(H,22,23)/t12-/m1/s1. The van der Waals surface area contributed by atoms with Crippen LogP contribution >= 0.6 is 11.6 Å². The Morgan fingerprint density at radius 1 is 1.04 bits per heavy atom. The van der Waals surface area contributed by atoms with Gasteiger partial charge in [-0.05, 0) is 31.2 Å². The fraction of sp³-hybridized carbons (Fsp3) is 0.105. The molecule has 122 valence electrons. The van der Waals surface area contributed by atoms with Crippen molar-refractivity contribution in [2.45, 2.75) is 13.0 Å². The lowest BCUT2D eigenvalue weighted by molar-refractivity contribution is -0.122. The number of rotatable bonds is 4. The van der Waals surface area contributed by atoms with E-state index in [-0.39, 0.29) is 5.69 Å². The maximum absolute atomic E-state index is 13.6. The molecule has 0 bridgehead atoms. The number of carbonyl (C=O) groups is 1. The van der Waals surface area contributed by atoms with Gasteiger partial charge in [0, 0.05) is 15.8 Å². The van der Waals surface area contributed by atoms with Crippen LogP contribution in [-0.2, 0) is 4.79 Å². The van der Waals surface area contributed by atoms with Crippen LogP contribution in [0.3, 0.4) is 0 Å². The highest BCUT2D eigenvalue weighted by molar-refractivity contribution is 6.35. The third kappa shape index (κ3) is 3.34. The van der Waals surface area contributed by atoms with Gasteiger partial charge in [-0.2, -0.15) is 0 Å². The van der Waals surface area contributed by atoms with Crippen LogP contribution in [0.25, 0.3) is 10.8 Å². The molecule has 3 aromatic rings. The molecule has 3 nitrogen and oxygen atoms in total. The Labute approximate surface area is 144 Å². The molecular weight excluding hydrogens is 329 g/mol. The Kier molecular flexibility index (Phi) is 4.67. The van der Waals surface area contributed by atoms with E-state index in [9.17, 15) is 9.18 Å². The predicted molar refractivity (Wildman–Crippen MR) is 94.1 cm³/mol. The molecule has 0 aliphatic rings. The molecule has 0 saturated heterocycles. The molecule has 0 radical (unpaired) electrons. The first kappa shape index (κ1) is 16.3. The smallest absolute Gasteiger partial charge is 0.265 e. The first-order chi connectivity index (χ1) is 11.6. The second-order valence-corrected chi connectivity index (χ2v) is 5.73. The molecule has 0 fully saturated rings. The molecule has 0 heterocycles. The molecule has 0 saturated carbocycles. The van der Waals surface area contributed by atoms with Crippen molar-refractivity contribution in [1.29, 1.82) is 0 Å². The van der Waals surface area contributed by atoms with Crippen molar-refractivity contribution in [3.8, 4) is 5.75 Å². The summed E-state index contributed by atoms with van der Waals surface area (Å²) < 4.78 is 19.4. The Bertz CT molecular complexity index is 897. The van der Waals surface area contributed by atoms with E-state index in [4.69, 9.17) is 16.3 Å². The summed E-state index contributed by atoms with van der Waals surface area (Å²) in [6.07, 6.45) is -0.797. The minimum Gasteiger partial charge on any atom is -0.480 e. The molecule has 3 rings (SSSR count). The van der Waals surface area contributed by atoms with Crippen LogP contribution in [-0.4, -0.2) is 12.0 Å².